The van der Waals surface area contributed by atoms with Gasteiger partial charge in [0.05, 0.1) is 22.2 Å². The molecule has 11 heteroatoms. The molecular weight excluding hydrogens is 466 g/mol. The SMILES string of the molecule is CCn1c(=NC(=O)C2CCCN2S(=O)(=O)c2ccc(OC)cc2)sc2cc3c(cc21)OCO3. The zero-order valence-corrected chi connectivity index (χ0v) is 19.8. The minimum Gasteiger partial charge on any atom is -0.497 e. The van der Waals surface area contributed by atoms with Gasteiger partial charge in [0.2, 0.25) is 16.8 Å². The average molecular weight is 490 g/mol. The molecule has 0 N–H and O–H groups in total. The lowest BCUT2D eigenvalue weighted by Gasteiger charge is -2.21. The van der Waals surface area contributed by atoms with E-state index in [9.17, 15) is 13.2 Å². The Morgan fingerprint density at radius 1 is 1.21 bits per heavy atom. The Hall–Kier alpha value is -2.89. The van der Waals surface area contributed by atoms with Crippen LogP contribution in [0.3, 0.4) is 0 Å². The summed E-state index contributed by atoms with van der Waals surface area (Å²) in [6.07, 6.45) is 1.04. The van der Waals surface area contributed by atoms with Crippen LogP contribution >= 0.6 is 11.3 Å². The molecule has 1 saturated heterocycles. The molecule has 0 spiro atoms. The first kappa shape index (κ1) is 21.9. The maximum absolute atomic E-state index is 13.2. The lowest BCUT2D eigenvalue weighted by molar-refractivity contribution is -0.121. The van der Waals surface area contributed by atoms with Crippen molar-refractivity contribution < 1.29 is 27.4 Å². The number of nitrogens with zero attached hydrogens (tertiary/aromatic N) is 3. The lowest BCUT2D eigenvalue weighted by Crippen LogP contribution is -2.40. The first-order chi connectivity index (χ1) is 15.9. The van der Waals surface area contributed by atoms with Gasteiger partial charge in [0.15, 0.2) is 16.3 Å². The third-order valence-corrected chi connectivity index (χ3v) is 8.82. The minimum atomic E-state index is -3.84. The monoisotopic (exact) mass is 489 g/mol. The molecule has 174 valence electrons. The van der Waals surface area contributed by atoms with Crippen molar-refractivity contribution in [1.29, 1.82) is 0 Å². The van der Waals surface area contributed by atoms with Crippen LogP contribution in [-0.4, -0.2) is 49.7 Å². The maximum atomic E-state index is 13.2. The summed E-state index contributed by atoms with van der Waals surface area (Å²) >= 11 is 1.37. The molecule has 2 aliphatic rings. The number of rotatable bonds is 5. The fraction of sp³-hybridized carbons (Fsp3) is 0.364. The number of aryl methyl sites for hydroxylation is 1. The molecule has 3 heterocycles. The van der Waals surface area contributed by atoms with Crippen LogP contribution in [0.2, 0.25) is 0 Å². The molecule has 1 amide bonds. The van der Waals surface area contributed by atoms with Crippen LogP contribution in [0.15, 0.2) is 46.3 Å². The molecule has 0 bridgehead atoms. The molecule has 3 aromatic rings. The van der Waals surface area contributed by atoms with E-state index in [1.165, 1.54) is 34.9 Å². The maximum Gasteiger partial charge on any atom is 0.266 e. The standard InChI is InChI=1S/C22H23N3O6S2/c1-3-24-17-11-18-19(31-13-30-18)12-20(17)32-22(24)23-21(26)16-5-4-10-25(16)33(27,28)15-8-6-14(29-2)7-9-15/h6-9,11-12,16H,3-5,10,13H2,1-2H3. The van der Waals surface area contributed by atoms with Crippen molar-refractivity contribution in [3.8, 4) is 17.2 Å². The third-order valence-electron chi connectivity index (χ3n) is 5.85. The van der Waals surface area contributed by atoms with E-state index in [2.05, 4.69) is 4.99 Å². The van der Waals surface area contributed by atoms with Gasteiger partial charge in [0.1, 0.15) is 11.8 Å². The van der Waals surface area contributed by atoms with Crippen LogP contribution in [0.1, 0.15) is 19.8 Å². The van der Waals surface area contributed by atoms with Crippen molar-refractivity contribution >= 4 is 37.5 Å². The molecule has 1 unspecified atom stereocenters. The Labute approximate surface area is 194 Å². The number of aromatic nitrogens is 1. The fourth-order valence-corrected chi connectivity index (χ4v) is 6.94. The van der Waals surface area contributed by atoms with Crippen LogP contribution in [0, 0.1) is 0 Å². The smallest absolute Gasteiger partial charge is 0.266 e. The van der Waals surface area contributed by atoms with Crippen molar-refractivity contribution in [2.75, 3.05) is 20.4 Å². The van der Waals surface area contributed by atoms with E-state index in [0.717, 1.165) is 10.2 Å². The largest absolute Gasteiger partial charge is 0.497 e. The van der Waals surface area contributed by atoms with E-state index in [1.54, 1.807) is 12.1 Å². The minimum absolute atomic E-state index is 0.128. The van der Waals surface area contributed by atoms with Crippen LogP contribution in [-0.2, 0) is 21.4 Å². The first-order valence-electron chi connectivity index (χ1n) is 10.6. The van der Waals surface area contributed by atoms with E-state index in [-0.39, 0.29) is 18.2 Å². The Kier molecular flexibility index (Phi) is 5.63. The number of hydrogen-bond donors (Lipinski definition) is 0. The van der Waals surface area contributed by atoms with Crippen molar-refractivity contribution in [3.63, 3.8) is 0 Å². The Bertz CT molecular complexity index is 1390. The molecule has 0 aliphatic carbocycles. The lowest BCUT2D eigenvalue weighted by atomic mass is 10.2. The second-order valence-corrected chi connectivity index (χ2v) is 10.6. The topological polar surface area (TPSA) is 99.4 Å². The molecule has 1 fully saturated rings. The number of amides is 1. The van der Waals surface area contributed by atoms with Crippen molar-refractivity contribution in [2.24, 2.45) is 4.99 Å². The second-order valence-electron chi connectivity index (χ2n) is 7.70. The van der Waals surface area contributed by atoms with Gasteiger partial charge in [-0.25, -0.2) is 8.42 Å². The molecular formula is C22H23N3O6S2. The Balaban J connectivity index is 1.49. The highest BCUT2D eigenvalue weighted by Crippen LogP contribution is 2.37. The molecule has 2 aliphatic heterocycles. The van der Waals surface area contributed by atoms with Gasteiger partial charge < -0.3 is 18.8 Å². The van der Waals surface area contributed by atoms with Crippen LogP contribution in [0.5, 0.6) is 17.2 Å². The van der Waals surface area contributed by atoms with Gasteiger partial charge >= 0.3 is 0 Å². The number of sulfonamides is 1. The molecule has 2 aromatic carbocycles. The van der Waals surface area contributed by atoms with Gasteiger partial charge in [-0.05, 0) is 44.0 Å². The molecule has 5 rings (SSSR count). The predicted octanol–water partition coefficient (Wildman–Crippen LogP) is 2.74. The normalized spacial score (nSPS) is 18.8. The summed E-state index contributed by atoms with van der Waals surface area (Å²) in [4.78, 5) is 18.2. The van der Waals surface area contributed by atoms with E-state index >= 15 is 0 Å². The van der Waals surface area contributed by atoms with Crippen molar-refractivity contribution in [3.05, 3.63) is 41.2 Å². The van der Waals surface area contributed by atoms with Crippen molar-refractivity contribution in [1.82, 2.24) is 8.87 Å². The zero-order chi connectivity index (χ0) is 23.2. The van der Waals surface area contributed by atoms with E-state index in [1.807, 2.05) is 23.6 Å². The van der Waals surface area contributed by atoms with Gasteiger partial charge in [-0.3, -0.25) is 4.79 Å². The highest BCUT2D eigenvalue weighted by Gasteiger charge is 2.39. The number of thiazole rings is 1. The van der Waals surface area contributed by atoms with Gasteiger partial charge in [0, 0.05) is 25.2 Å². The van der Waals surface area contributed by atoms with Gasteiger partial charge in [0.25, 0.3) is 5.91 Å². The van der Waals surface area contributed by atoms with Gasteiger partial charge in [-0.1, -0.05) is 11.3 Å². The predicted molar refractivity (Wildman–Crippen MR) is 122 cm³/mol. The molecule has 0 saturated carbocycles. The zero-order valence-electron chi connectivity index (χ0n) is 18.2. The first-order valence-corrected chi connectivity index (χ1v) is 12.9. The number of carbonyl (C=O) groups excluding carboxylic acids is 1. The molecule has 0 radical (unpaired) electrons. The van der Waals surface area contributed by atoms with E-state index in [4.69, 9.17) is 14.2 Å². The number of hydrogen-bond acceptors (Lipinski definition) is 7. The number of ether oxygens (including phenoxy) is 3. The molecule has 1 atom stereocenters. The number of methoxy groups -OCH3 is 1. The van der Waals surface area contributed by atoms with E-state index in [0.29, 0.717) is 41.4 Å². The Morgan fingerprint density at radius 3 is 2.64 bits per heavy atom. The van der Waals surface area contributed by atoms with Crippen LogP contribution < -0.4 is 19.0 Å². The Morgan fingerprint density at radius 2 is 1.94 bits per heavy atom. The summed E-state index contributed by atoms with van der Waals surface area (Å²) in [5.74, 6) is 1.43. The van der Waals surface area contributed by atoms with Crippen LogP contribution in [0.25, 0.3) is 10.2 Å². The molecule has 1 aromatic heterocycles. The van der Waals surface area contributed by atoms with Gasteiger partial charge in [-0.15, -0.1) is 0 Å². The van der Waals surface area contributed by atoms with Crippen molar-refractivity contribution in [2.45, 2.75) is 37.2 Å². The number of benzene rings is 2. The van der Waals surface area contributed by atoms with E-state index < -0.39 is 22.0 Å². The quantitative estimate of drug-likeness (QED) is 0.547. The summed E-state index contributed by atoms with van der Waals surface area (Å²) in [6, 6.07) is 9.11. The summed E-state index contributed by atoms with van der Waals surface area (Å²) < 4.78 is 46.6. The van der Waals surface area contributed by atoms with Gasteiger partial charge in [-0.2, -0.15) is 9.30 Å². The average Bonchev–Trinajstić information content (AvgIpc) is 3.55. The summed E-state index contributed by atoms with van der Waals surface area (Å²) in [6.45, 7) is 3.04. The number of carbonyl (C=O) groups is 1. The summed E-state index contributed by atoms with van der Waals surface area (Å²) in [7, 11) is -2.32. The molecule has 33 heavy (non-hydrogen) atoms. The third kappa shape index (κ3) is 3.79. The summed E-state index contributed by atoms with van der Waals surface area (Å²) in [5, 5.41) is 0. The molecule has 9 nitrogen and oxygen atoms in total. The highest BCUT2D eigenvalue weighted by atomic mass is 32.2. The van der Waals surface area contributed by atoms with Crippen LogP contribution in [0.4, 0.5) is 0 Å². The second kappa shape index (κ2) is 8.47. The highest BCUT2D eigenvalue weighted by molar-refractivity contribution is 7.89. The summed E-state index contributed by atoms with van der Waals surface area (Å²) in [5.41, 5.74) is 0.896. The number of fused-ring (bicyclic) bond motifs is 2. The fourth-order valence-electron chi connectivity index (χ4n) is 4.18.